The Balaban J connectivity index is 0.00000387. The fourth-order valence-corrected chi connectivity index (χ4v) is 5.43. The molecule has 0 unspecified atom stereocenters. The van der Waals surface area contributed by atoms with Gasteiger partial charge in [-0.15, -0.1) is 12.4 Å². The average Bonchev–Trinajstić information content (AvgIpc) is 3.46. The molecule has 2 aromatic heterocycles. The topological polar surface area (TPSA) is 120 Å². The van der Waals surface area contributed by atoms with Crippen LogP contribution in [-0.4, -0.2) is 92.4 Å². The molecule has 5 rings (SSSR count). The number of hydrogen-bond donors (Lipinski definition) is 3. The molecule has 0 amide bonds. The Morgan fingerprint density at radius 1 is 1.00 bits per heavy atom. The standard InChI is InChI=1S/C28H36F2N8O2.ClH/c1-18-19(5-4-6-35-7-9-36(10-8-35)22-12-20(29)11-21(30)13-22)15-32-38(18)26-14-25(33-27(31)34-26)37-16-23(24(39)17-37)28(2,3)40;/h4-5,11-15,23-24,39-40H,6-10,16-17H2,1-3H3,(H2,31,33,34);1H/b5-4+;/t23-,24-;/m0./s1. The maximum absolute atomic E-state index is 13.6. The summed E-state index contributed by atoms with van der Waals surface area (Å²) in [5.74, 6) is -0.257. The lowest BCUT2D eigenvalue weighted by Crippen LogP contribution is -2.46. The summed E-state index contributed by atoms with van der Waals surface area (Å²) < 4.78 is 28.9. The highest BCUT2D eigenvalue weighted by Crippen LogP contribution is 2.31. The number of nitrogens with zero attached hydrogens (tertiary/aromatic N) is 7. The SMILES string of the molecule is Cc1c(/C=C/CN2CCN(c3cc(F)cc(F)c3)CC2)cnn1-c1cc(N2C[C@H](O)[C@@H](C(C)(C)O)C2)nc(N)n1.Cl. The molecule has 0 aliphatic carbocycles. The summed E-state index contributed by atoms with van der Waals surface area (Å²) in [6.45, 7) is 9.80. The van der Waals surface area contributed by atoms with Crippen LogP contribution in [0.3, 0.4) is 0 Å². The lowest BCUT2D eigenvalue weighted by Gasteiger charge is -2.35. The molecule has 2 atom stereocenters. The minimum atomic E-state index is -1.02. The van der Waals surface area contributed by atoms with Gasteiger partial charge in [0.1, 0.15) is 17.5 Å². The Morgan fingerprint density at radius 2 is 1.66 bits per heavy atom. The second-order valence-electron chi connectivity index (χ2n) is 11.1. The molecule has 2 fully saturated rings. The molecule has 2 saturated heterocycles. The molecule has 1 aromatic carbocycles. The molecule has 41 heavy (non-hydrogen) atoms. The predicted molar refractivity (Wildman–Crippen MR) is 158 cm³/mol. The Hall–Kier alpha value is -3.32. The van der Waals surface area contributed by atoms with Gasteiger partial charge in [0, 0.05) is 75.1 Å². The molecule has 3 aromatic rings. The summed E-state index contributed by atoms with van der Waals surface area (Å²) in [7, 11) is 0. The molecule has 4 heterocycles. The molecule has 222 valence electrons. The van der Waals surface area contributed by atoms with E-state index in [9.17, 15) is 19.0 Å². The zero-order chi connectivity index (χ0) is 28.6. The number of halogens is 3. The number of hydrogen-bond acceptors (Lipinski definition) is 9. The molecule has 10 nitrogen and oxygen atoms in total. The maximum Gasteiger partial charge on any atom is 0.224 e. The highest BCUT2D eigenvalue weighted by molar-refractivity contribution is 5.85. The van der Waals surface area contributed by atoms with E-state index in [1.165, 1.54) is 12.1 Å². The first-order valence-electron chi connectivity index (χ1n) is 13.4. The van der Waals surface area contributed by atoms with E-state index in [-0.39, 0.29) is 24.3 Å². The van der Waals surface area contributed by atoms with Crippen LogP contribution in [0.5, 0.6) is 0 Å². The third-order valence-corrected chi connectivity index (χ3v) is 7.75. The zero-order valence-electron chi connectivity index (χ0n) is 23.4. The number of benzene rings is 1. The van der Waals surface area contributed by atoms with Crippen molar-refractivity contribution < 1.29 is 19.0 Å². The van der Waals surface area contributed by atoms with Gasteiger partial charge in [0.25, 0.3) is 0 Å². The molecular weight excluding hydrogens is 554 g/mol. The van der Waals surface area contributed by atoms with Crippen molar-refractivity contribution in [3.63, 3.8) is 0 Å². The molecule has 2 aliphatic rings. The van der Waals surface area contributed by atoms with Crippen molar-refractivity contribution in [2.24, 2.45) is 5.92 Å². The number of aromatic nitrogens is 4. The monoisotopic (exact) mass is 590 g/mol. The molecule has 13 heteroatoms. The Labute approximate surface area is 244 Å². The molecule has 0 bridgehead atoms. The van der Waals surface area contributed by atoms with Crippen LogP contribution in [0.25, 0.3) is 11.9 Å². The largest absolute Gasteiger partial charge is 0.391 e. The average molecular weight is 591 g/mol. The number of aliphatic hydroxyl groups is 2. The first kappa shape index (κ1) is 30.6. The van der Waals surface area contributed by atoms with Crippen LogP contribution in [0, 0.1) is 24.5 Å². The van der Waals surface area contributed by atoms with Gasteiger partial charge >= 0.3 is 0 Å². The summed E-state index contributed by atoms with van der Waals surface area (Å²) >= 11 is 0. The van der Waals surface area contributed by atoms with E-state index in [4.69, 9.17) is 5.73 Å². The number of rotatable bonds is 7. The Morgan fingerprint density at radius 3 is 2.29 bits per heavy atom. The number of aliphatic hydroxyl groups excluding tert-OH is 1. The van der Waals surface area contributed by atoms with Gasteiger partial charge in [0.15, 0.2) is 5.82 Å². The van der Waals surface area contributed by atoms with Crippen molar-refractivity contribution in [1.29, 1.82) is 0 Å². The van der Waals surface area contributed by atoms with E-state index in [0.29, 0.717) is 43.5 Å². The lowest BCUT2D eigenvalue weighted by atomic mass is 9.89. The van der Waals surface area contributed by atoms with E-state index in [1.54, 1.807) is 30.8 Å². The van der Waals surface area contributed by atoms with E-state index in [0.717, 1.165) is 37.0 Å². The fraction of sp³-hybridized carbons (Fsp3) is 0.464. The number of anilines is 3. The van der Waals surface area contributed by atoms with Crippen molar-refractivity contribution in [3.05, 3.63) is 59.4 Å². The minimum Gasteiger partial charge on any atom is -0.391 e. The van der Waals surface area contributed by atoms with Gasteiger partial charge in [0.05, 0.1) is 23.6 Å². The number of nitrogens with two attached hydrogens (primary N) is 1. The van der Waals surface area contributed by atoms with Crippen LogP contribution in [0.15, 0.2) is 36.5 Å². The highest BCUT2D eigenvalue weighted by atomic mass is 35.5. The molecule has 0 radical (unpaired) electrons. The first-order chi connectivity index (χ1) is 19.0. The third kappa shape index (κ3) is 6.95. The van der Waals surface area contributed by atoms with Gasteiger partial charge in [-0.25, -0.2) is 13.5 Å². The number of piperazine rings is 1. The Kier molecular flexibility index (Phi) is 9.17. The predicted octanol–water partition coefficient (Wildman–Crippen LogP) is 2.66. The molecule has 0 spiro atoms. The van der Waals surface area contributed by atoms with Crippen LogP contribution in [0.2, 0.25) is 0 Å². The first-order valence-corrected chi connectivity index (χ1v) is 13.4. The zero-order valence-corrected chi connectivity index (χ0v) is 24.2. The fourth-order valence-electron chi connectivity index (χ4n) is 5.43. The third-order valence-electron chi connectivity index (χ3n) is 7.75. The summed E-state index contributed by atoms with van der Waals surface area (Å²) in [5.41, 5.74) is 7.41. The van der Waals surface area contributed by atoms with Crippen LogP contribution in [0.4, 0.5) is 26.2 Å². The summed E-state index contributed by atoms with van der Waals surface area (Å²) in [6, 6.07) is 5.41. The molecular formula is C28H37ClF2N8O2. The van der Waals surface area contributed by atoms with Crippen molar-refractivity contribution in [3.8, 4) is 5.82 Å². The summed E-state index contributed by atoms with van der Waals surface area (Å²) in [5, 5.41) is 25.4. The van der Waals surface area contributed by atoms with Gasteiger partial charge in [0.2, 0.25) is 5.95 Å². The van der Waals surface area contributed by atoms with E-state index >= 15 is 0 Å². The number of nitrogen functional groups attached to an aromatic ring is 1. The van der Waals surface area contributed by atoms with Crippen molar-refractivity contribution in [2.45, 2.75) is 32.5 Å². The van der Waals surface area contributed by atoms with Crippen molar-refractivity contribution in [1.82, 2.24) is 24.6 Å². The number of β-amino-alcohol motifs (C(OH)–C–C–N with tert-alkyl or cyclic N) is 1. The van der Waals surface area contributed by atoms with E-state index in [2.05, 4.69) is 26.0 Å². The summed E-state index contributed by atoms with van der Waals surface area (Å²) in [6.07, 6.45) is 5.18. The van der Waals surface area contributed by atoms with Gasteiger partial charge in [-0.1, -0.05) is 12.2 Å². The van der Waals surface area contributed by atoms with Crippen LogP contribution >= 0.6 is 12.4 Å². The maximum atomic E-state index is 13.6. The van der Waals surface area contributed by atoms with E-state index in [1.807, 2.05) is 22.8 Å². The quantitative estimate of drug-likeness (QED) is 0.381. The Bertz CT molecular complexity index is 1370. The molecule has 4 N–H and O–H groups in total. The minimum absolute atomic E-state index is 0. The molecule has 0 saturated carbocycles. The van der Waals surface area contributed by atoms with E-state index < -0.39 is 23.3 Å². The van der Waals surface area contributed by atoms with Gasteiger partial charge < -0.3 is 25.7 Å². The highest BCUT2D eigenvalue weighted by Gasteiger charge is 2.41. The van der Waals surface area contributed by atoms with Crippen LogP contribution in [-0.2, 0) is 0 Å². The van der Waals surface area contributed by atoms with Crippen molar-refractivity contribution >= 4 is 35.9 Å². The van der Waals surface area contributed by atoms with Gasteiger partial charge in [-0.05, 0) is 32.9 Å². The molecule has 2 aliphatic heterocycles. The second-order valence-corrected chi connectivity index (χ2v) is 11.1. The van der Waals surface area contributed by atoms with Gasteiger partial charge in [-0.2, -0.15) is 15.1 Å². The van der Waals surface area contributed by atoms with Crippen LogP contribution < -0.4 is 15.5 Å². The summed E-state index contributed by atoms with van der Waals surface area (Å²) in [4.78, 5) is 14.9. The lowest BCUT2D eigenvalue weighted by molar-refractivity contribution is -0.0229. The van der Waals surface area contributed by atoms with Gasteiger partial charge in [-0.3, -0.25) is 4.90 Å². The smallest absolute Gasteiger partial charge is 0.224 e. The normalized spacial score (nSPS) is 20.2. The van der Waals surface area contributed by atoms with Crippen molar-refractivity contribution in [2.75, 3.05) is 61.3 Å². The van der Waals surface area contributed by atoms with Crippen LogP contribution in [0.1, 0.15) is 25.1 Å². The second kappa shape index (κ2) is 12.3.